The maximum atomic E-state index is 12.9. The van der Waals surface area contributed by atoms with Gasteiger partial charge in [-0.2, -0.15) is 0 Å². The number of ether oxygens (including phenoxy) is 2. The van der Waals surface area contributed by atoms with E-state index in [0.29, 0.717) is 25.3 Å². The van der Waals surface area contributed by atoms with Crippen molar-refractivity contribution >= 4 is 18.0 Å². The van der Waals surface area contributed by atoms with Crippen LogP contribution in [0.3, 0.4) is 0 Å². The Hall–Kier alpha value is -3.08. The molecule has 0 saturated carbocycles. The van der Waals surface area contributed by atoms with Gasteiger partial charge in [-0.15, -0.1) is 0 Å². The zero-order valence-electron chi connectivity index (χ0n) is 16.0. The monoisotopic (exact) mass is 379 g/mol. The van der Waals surface area contributed by atoms with Crippen LogP contribution in [0.1, 0.15) is 37.0 Å². The van der Waals surface area contributed by atoms with Crippen molar-refractivity contribution in [1.82, 2.24) is 4.90 Å². The molecule has 0 spiro atoms. The van der Waals surface area contributed by atoms with Gasteiger partial charge in [-0.25, -0.2) is 4.79 Å². The van der Waals surface area contributed by atoms with E-state index in [1.165, 1.54) is 6.08 Å². The van der Waals surface area contributed by atoms with Gasteiger partial charge in [0.2, 0.25) is 6.10 Å². The summed E-state index contributed by atoms with van der Waals surface area (Å²) >= 11 is 0. The fraction of sp³-hybridized carbons (Fsp3) is 0.304. The summed E-state index contributed by atoms with van der Waals surface area (Å²) < 4.78 is 11.0. The van der Waals surface area contributed by atoms with E-state index in [1.54, 1.807) is 11.0 Å². The number of hydrogen-bond acceptors (Lipinski definition) is 4. The summed E-state index contributed by atoms with van der Waals surface area (Å²) in [7, 11) is 0. The molecule has 1 aliphatic rings. The molecule has 1 heterocycles. The second-order valence-electron chi connectivity index (χ2n) is 6.60. The van der Waals surface area contributed by atoms with Crippen LogP contribution in [0.25, 0.3) is 6.08 Å². The molecule has 1 aliphatic heterocycles. The number of benzene rings is 2. The third-order valence-corrected chi connectivity index (χ3v) is 4.58. The predicted molar refractivity (Wildman–Crippen MR) is 108 cm³/mol. The lowest BCUT2D eigenvalue weighted by molar-refractivity contribution is -0.156. The van der Waals surface area contributed by atoms with Crippen LogP contribution in [0.15, 0.2) is 60.7 Å². The van der Waals surface area contributed by atoms with E-state index >= 15 is 0 Å². The molecule has 28 heavy (non-hydrogen) atoms. The van der Waals surface area contributed by atoms with Crippen LogP contribution >= 0.6 is 0 Å². The lowest BCUT2D eigenvalue weighted by Gasteiger charge is -2.23. The van der Waals surface area contributed by atoms with Crippen molar-refractivity contribution in [2.45, 2.75) is 25.9 Å². The third kappa shape index (κ3) is 5.22. The molecular weight excluding hydrogens is 354 g/mol. The molecule has 1 atom stereocenters. The van der Waals surface area contributed by atoms with E-state index in [0.717, 1.165) is 24.2 Å². The van der Waals surface area contributed by atoms with Gasteiger partial charge in [0, 0.05) is 24.7 Å². The van der Waals surface area contributed by atoms with Crippen LogP contribution < -0.4 is 4.74 Å². The summed E-state index contributed by atoms with van der Waals surface area (Å²) in [6.45, 7) is 3.95. The van der Waals surface area contributed by atoms with Gasteiger partial charge in [-0.1, -0.05) is 42.5 Å². The first-order valence-corrected chi connectivity index (χ1v) is 9.62. The fourth-order valence-electron chi connectivity index (χ4n) is 3.15. The van der Waals surface area contributed by atoms with Crippen molar-refractivity contribution in [2.24, 2.45) is 0 Å². The second-order valence-corrected chi connectivity index (χ2v) is 6.60. The Balaban J connectivity index is 1.69. The van der Waals surface area contributed by atoms with E-state index in [4.69, 9.17) is 9.47 Å². The number of esters is 1. The molecule has 1 saturated heterocycles. The van der Waals surface area contributed by atoms with Crippen LogP contribution in [-0.4, -0.2) is 36.5 Å². The Bertz CT molecular complexity index is 808. The van der Waals surface area contributed by atoms with E-state index in [-0.39, 0.29) is 5.91 Å². The Morgan fingerprint density at radius 2 is 1.71 bits per heavy atom. The summed E-state index contributed by atoms with van der Waals surface area (Å²) in [6, 6.07) is 16.6. The first-order valence-electron chi connectivity index (χ1n) is 9.62. The van der Waals surface area contributed by atoms with Crippen molar-refractivity contribution in [3.05, 3.63) is 71.8 Å². The van der Waals surface area contributed by atoms with Gasteiger partial charge in [0.15, 0.2) is 0 Å². The molecule has 2 aromatic carbocycles. The molecule has 0 N–H and O–H groups in total. The molecule has 0 radical (unpaired) electrons. The third-order valence-electron chi connectivity index (χ3n) is 4.58. The maximum Gasteiger partial charge on any atom is 0.331 e. The molecule has 0 aromatic heterocycles. The molecule has 0 bridgehead atoms. The van der Waals surface area contributed by atoms with Crippen molar-refractivity contribution < 1.29 is 19.1 Å². The smallest absolute Gasteiger partial charge is 0.331 e. The Morgan fingerprint density at radius 3 is 2.36 bits per heavy atom. The lowest BCUT2D eigenvalue weighted by Crippen LogP contribution is -2.34. The highest BCUT2D eigenvalue weighted by atomic mass is 16.5. The summed E-state index contributed by atoms with van der Waals surface area (Å²) in [5.41, 5.74) is 1.53. The zero-order chi connectivity index (χ0) is 19.8. The van der Waals surface area contributed by atoms with Gasteiger partial charge in [0.05, 0.1) is 6.61 Å². The van der Waals surface area contributed by atoms with Crippen LogP contribution in [0.2, 0.25) is 0 Å². The number of nitrogens with zero attached hydrogens (tertiary/aromatic N) is 1. The normalized spacial score (nSPS) is 14.8. The average molecular weight is 379 g/mol. The highest BCUT2D eigenvalue weighted by Gasteiger charge is 2.30. The highest BCUT2D eigenvalue weighted by Crippen LogP contribution is 2.23. The molecule has 5 heteroatoms. The van der Waals surface area contributed by atoms with E-state index in [2.05, 4.69) is 0 Å². The predicted octanol–water partition coefficient (Wildman–Crippen LogP) is 4.01. The Labute approximate surface area is 165 Å². The number of rotatable bonds is 7. The topological polar surface area (TPSA) is 55.8 Å². The number of carbonyl (C=O) groups is 2. The highest BCUT2D eigenvalue weighted by molar-refractivity contribution is 5.91. The van der Waals surface area contributed by atoms with Gasteiger partial charge in [0.1, 0.15) is 5.75 Å². The zero-order valence-corrected chi connectivity index (χ0v) is 16.0. The van der Waals surface area contributed by atoms with Crippen molar-refractivity contribution in [1.29, 1.82) is 0 Å². The van der Waals surface area contributed by atoms with Gasteiger partial charge in [-0.05, 0) is 43.5 Å². The van der Waals surface area contributed by atoms with E-state index in [9.17, 15) is 9.59 Å². The van der Waals surface area contributed by atoms with Gasteiger partial charge >= 0.3 is 5.97 Å². The molecule has 0 aliphatic carbocycles. The number of likely N-dealkylation sites (tertiary alicyclic amines) is 1. The van der Waals surface area contributed by atoms with Crippen molar-refractivity contribution in [2.75, 3.05) is 19.7 Å². The number of hydrogen-bond donors (Lipinski definition) is 0. The first kappa shape index (κ1) is 19.7. The number of carbonyl (C=O) groups excluding carboxylic acids is 2. The van der Waals surface area contributed by atoms with Crippen LogP contribution in [0.4, 0.5) is 0 Å². The summed E-state index contributed by atoms with van der Waals surface area (Å²) in [5.74, 6) is 0.0735. The quantitative estimate of drug-likeness (QED) is 0.539. The molecule has 1 fully saturated rings. The lowest BCUT2D eigenvalue weighted by atomic mass is 10.1. The number of amides is 1. The van der Waals surface area contributed by atoms with Crippen LogP contribution in [0.5, 0.6) is 5.75 Å². The van der Waals surface area contributed by atoms with E-state index in [1.807, 2.05) is 61.5 Å². The summed E-state index contributed by atoms with van der Waals surface area (Å²) in [5, 5.41) is 0. The van der Waals surface area contributed by atoms with Gasteiger partial charge in [-0.3, -0.25) is 4.79 Å². The summed E-state index contributed by atoms with van der Waals surface area (Å²) in [4.78, 5) is 27.0. The standard InChI is InChI=1S/C23H25NO4/c1-2-27-20-13-10-18(11-14-20)12-15-21(25)28-22(19-8-4-3-5-9-19)23(26)24-16-6-7-17-24/h3-5,8-15,22H,2,6-7,16-17H2,1H3/b15-12+/t22-/m1/s1. The molecular formula is C23H25NO4. The minimum absolute atomic E-state index is 0.161. The molecule has 2 aromatic rings. The van der Waals surface area contributed by atoms with Gasteiger partial charge in [0.25, 0.3) is 5.91 Å². The molecule has 5 nitrogen and oxygen atoms in total. The molecule has 3 rings (SSSR count). The summed E-state index contributed by atoms with van der Waals surface area (Å²) in [6.07, 6.45) is 4.07. The first-order chi connectivity index (χ1) is 13.7. The van der Waals surface area contributed by atoms with Crippen LogP contribution in [0, 0.1) is 0 Å². The molecule has 0 unspecified atom stereocenters. The maximum absolute atomic E-state index is 12.9. The minimum Gasteiger partial charge on any atom is -0.494 e. The minimum atomic E-state index is -0.920. The molecule has 1 amide bonds. The second kappa shape index (κ2) is 9.74. The van der Waals surface area contributed by atoms with Crippen molar-refractivity contribution in [3.8, 4) is 5.75 Å². The Kier molecular flexibility index (Phi) is 6.84. The largest absolute Gasteiger partial charge is 0.494 e. The average Bonchev–Trinajstić information content (AvgIpc) is 3.27. The van der Waals surface area contributed by atoms with Crippen LogP contribution in [-0.2, 0) is 14.3 Å². The van der Waals surface area contributed by atoms with Crippen molar-refractivity contribution in [3.63, 3.8) is 0 Å². The Morgan fingerprint density at radius 1 is 1.04 bits per heavy atom. The SMILES string of the molecule is CCOc1ccc(/C=C/C(=O)O[C@@H](C(=O)N2CCCC2)c2ccccc2)cc1. The molecule has 146 valence electrons. The fourth-order valence-corrected chi connectivity index (χ4v) is 3.15. The van der Waals surface area contributed by atoms with Gasteiger partial charge < -0.3 is 14.4 Å². The van der Waals surface area contributed by atoms with E-state index < -0.39 is 12.1 Å².